The Morgan fingerprint density at radius 1 is 1.06 bits per heavy atom. The third kappa shape index (κ3) is 3.63. The van der Waals surface area contributed by atoms with E-state index in [0.29, 0.717) is 12.3 Å². The molecule has 0 aromatic carbocycles. The van der Waals surface area contributed by atoms with Gasteiger partial charge in [0.05, 0.1) is 12.7 Å². The lowest BCUT2D eigenvalue weighted by atomic mass is 9.90. The van der Waals surface area contributed by atoms with E-state index in [-0.39, 0.29) is 6.61 Å². The summed E-state index contributed by atoms with van der Waals surface area (Å²) < 4.78 is 5.42. The highest BCUT2D eigenvalue weighted by atomic mass is 16.5. The van der Waals surface area contributed by atoms with Gasteiger partial charge in [-0.15, -0.1) is 0 Å². The first-order chi connectivity index (χ1) is 8.01. The quantitative estimate of drug-likeness (QED) is 0.534. The van der Waals surface area contributed by atoms with Crippen LogP contribution in [-0.4, -0.2) is 57.6 Å². The Morgan fingerprint density at radius 3 is 2.18 bits per heavy atom. The summed E-state index contributed by atoms with van der Waals surface area (Å²) in [7, 11) is 0. The second kappa shape index (κ2) is 6.66. The van der Waals surface area contributed by atoms with Crippen LogP contribution in [0.25, 0.3) is 0 Å². The minimum absolute atomic E-state index is 0.356. The number of aliphatic hydroxyl groups is 4. The number of hydrogen-bond acceptors (Lipinski definition) is 5. The molecule has 6 atom stereocenters. The molecule has 0 bridgehead atoms. The second-order valence-electron chi connectivity index (χ2n) is 4.96. The smallest absolute Gasteiger partial charge is 0.111 e. The van der Waals surface area contributed by atoms with Crippen LogP contribution in [0.15, 0.2) is 0 Å². The molecule has 1 rings (SSSR count). The number of ether oxygens (including phenoxy) is 1. The summed E-state index contributed by atoms with van der Waals surface area (Å²) in [5, 5.41) is 38.0. The SMILES string of the molecule is CCC(C)CC[C@H]1O[C@H](CO)[C@@H](O)[C@H](O)[C@H]1O. The van der Waals surface area contributed by atoms with Gasteiger partial charge in [-0.05, 0) is 18.8 Å². The van der Waals surface area contributed by atoms with Crippen molar-refractivity contribution in [1.82, 2.24) is 0 Å². The van der Waals surface area contributed by atoms with Gasteiger partial charge in [-0.2, -0.15) is 0 Å². The molecule has 0 radical (unpaired) electrons. The fourth-order valence-electron chi connectivity index (χ4n) is 2.07. The van der Waals surface area contributed by atoms with E-state index in [0.717, 1.165) is 12.8 Å². The highest BCUT2D eigenvalue weighted by Crippen LogP contribution is 2.25. The maximum atomic E-state index is 9.79. The molecule has 102 valence electrons. The predicted molar refractivity (Wildman–Crippen MR) is 62.5 cm³/mol. The summed E-state index contributed by atoms with van der Waals surface area (Å²) in [6.07, 6.45) is -2.32. The van der Waals surface area contributed by atoms with E-state index in [1.807, 2.05) is 0 Å². The molecule has 0 aromatic rings. The van der Waals surface area contributed by atoms with Gasteiger partial charge in [-0.3, -0.25) is 0 Å². The van der Waals surface area contributed by atoms with Crippen molar-refractivity contribution >= 4 is 0 Å². The van der Waals surface area contributed by atoms with E-state index in [4.69, 9.17) is 9.84 Å². The molecule has 5 heteroatoms. The van der Waals surface area contributed by atoms with Gasteiger partial charge in [0.1, 0.15) is 24.4 Å². The van der Waals surface area contributed by atoms with Crippen molar-refractivity contribution in [2.75, 3.05) is 6.61 Å². The van der Waals surface area contributed by atoms with Crippen LogP contribution in [0.1, 0.15) is 33.1 Å². The summed E-state index contributed by atoms with van der Waals surface area (Å²) in [4.78, 5) is 0. The Kier molecular flexibility index (Phi) is 5.82. The van der Waals surface area contributed by atoms with Crippen LogP contribution in [0.2, 0.25) is 0 Å². The monoisotopic (exact) mass is 248 g/mol. The molecule has 1 aliphatic rings. The molecule has 17 heavy (non-hydrogen) atoms. The molecule has 0 saturated carbocycles. The molecule has 1 unspecified atom stereocenters. The summed E-state index contributed by atoms with van der Waals surface area (Å²) in [5.74, 6) is 0.530. The highest BCUT2D eigenvalue weighted by molar-refractivity contribution is 4.91. The van der Waals surface area contributed by atoms with Gasteiger partial charge in [-0.25, -0.2) is 0 Å². The normalized spacial score (nSPS) is 40.2. The fraction of sp³-hybridized carbons (Fsp3) is 1.00. The van der Waals surface area contributed by atoms with Crippen LogP contribution in [-0.2, 0) is 4.74 Å². The van der Waals surface area contributed by atoms with Crippen LogP contribution < -0.4 is 0 Å². The lowest BCUT2D eigenvalue weighted by molar-refractivity contribution is -0.230. The maximum absolute atomic E-state index is 9.79. The Balaban J connectivity index is 2.53. The van der Waals surface area contributed by atoms with E-state index in [1.54, 1.807) is 0 Å². The molecule has 5 nitrogen and oxygen atoms in total. The van der Waals surface area contributed by atoms with Crippen LogP contribution >= 0.6 is 0 Å². The molecule has 0 spiro atoms. The van der Waals surface area contributed by atoms with Gasteiger partial charge in [0.25, 0.3) is 0 Å². The zero-order valence-corrected chi connectivity index (χ0v) is 10.5. The lowest BCUT2D eigenvalue weighted by Crippen LogP contribution is -2.58. The zero-order chi connectivity index (χ0) is 13.0. The Labute approximate surface area is 102 Å². The number of rotatable bonds is 5. The first-order valence-electron chi connectivity index (χ1n) is 6.31. The first kappa shape index (κ1) is 14.9. The topological polar surface area (TPSA) is 90.2 Å². The van der Waals surface area contributed by atoms with Crippen molar-refractivity contribution in [2.45, 2.75) is 63.6 Å². The largest absolute Gasteiger partial charge is 0.394 e. The fourth-order valence-corrected chi connectivity index (χ4v) is 2.07. The minimum Gasteiger partial charge on any atom is -0.394 e. The van der Waals surface area contributed by atoms with Crippen molar-refractivity contribution in [3.05, 3.63) is 0 Å². The van der Waals surface area contributed by atoms with Crippen LogP contribution in [0.3, 0.4) is 0 Å². The van der Waals surface area contributed by atoms with Gasteiger partial charge >= 0.3 is 0 Å². The van der Waals surface area contributed by atoms with E-state index >= 15 is 0 Å². The highest BCUT2D eigenvalue weighted by Gasteiger charge is 2.42. The minimum atomic E-state index is -1.25. The van der Waals surface area contributed by atoms with Crippen LogP contribution in [0.5, 0.6) is 0 Å². The van der Waals surface area contributed by atoms with Crippen molar-refractivity contribution in [1.29, 1.82) is 0 Å². The summed E-state index contributed by atoms with van der Waals surface area (Å²) in [6.45, 7) is 3.85. The molecule has 1 saturated heterocycles. The predicted octanol–water partition coefficient (Wildman–Crippen LogP) is -0.345. The van der Waals surface area contributed by atoms with Crippen LogP contribution in [0, 0.1) is 5.92 Å². The molecule has 0 amide bonds. The molecular formula is C12H24O5. The van der Waals surface area contributed by atoms with Crippen LogP contribution in [0.4, 0.5) is 0 Å². The average Bonchev–Trinajstić information content (AvgIpc) is 2.34. The molecule has 1 fully saturated rings. The van der Waals surface area contributed by atoms with Gasteiger partial charge < -0.3 is 25.2 Å². The van der Waals surface area contributed by atoms with Gasteiger partial charge in [0.2, 0.25) is 0 Å². The molecule has 1 aliphatic heterocycles. The van der Waals surface area contributed by atoms with Gasteiger partial charge in [0, 0.05) is 0 Å². The summed E-state index contributed by atoms with van der Waals surface area (Å²) in [5.41, 5.74) is 0. The van der Waals surface area contributed by atoms with Crippen molar-refractivity contribution in [3.63, 3.8) is 0 Å². The standard InChI is InChI=1S/C12H24O5/c1-3-7(2)4-5-8-10(14)12(16)11(15)9(6-13)17-8/h7-16H,3-6H2,1-2H3/t7?,8-,9-,10+,11-,12-/m1/s1. The summed E-state index contributed by atoms with van der Waals surface area (Å²) >= 11 is 0. The van der Waals surface area contributed by atoms with E-state index in [2.05, 4.69) is 13.8 Å². The van der Waals surface area contributed by atoms with Gasteiger partial charge in [0.15, 0.2) is 0 Å². The zero-order valence-electron chi connectivity index (χ0n) is 10.5. The van der Waals surface area contributed by atoms with Crippen molar-refractivity contribution < 1.29 is 25.2 Å². The van der Waals surface area contributed by atoms with E-state index < -0.39 is 30.5 Å². The molecule has 4 N–H and O–H groups in total. The van der Waals surface area contributed by atoms with E-state index in [1.165, 1.54) is 0 Å². The maximum Gasteiger partial charge on any atom is 0.111 e. The average molecular weight is 248 g/mol. The van der Waals surface area contributed by atoms with Crippen molar-refractivity contribution in [2.24, 2.45) is 5.92 Å². The third-order valence-corrected chi connectivity index (χ3v) is 3.63. The second-order valence-corrected chi connectivity index (χ2v) is 4.96. The van der Waals surface area contributed by atoms with E-state index in [9.17, 15) is 15.3 Å². The lowest BCUT2D eigenvalue weighted by Gasteiger charge is -2.40. The Hall–Kier alpha value is -0.200. The first-order valence-corrected chi connectivity index (χ1v) is 6.31. The molecule has 0 aromatic heterocycles. The molecular weight excluding hydrogens is 224 g/mol. The Bertz CT molecular complexity index is 221. The molecule has 1 heterocycles. The number of aliphatic hydroxyl groups excluding tert-OH is 4. The van der Waals surface area contributed by atoms with Gasteiger partial charge in [-0.1, -0.05) is 20.3 Å². The Morgan fingerprint density at radius 2 is 1.65 bits per heavy atom. The summed E-state index contributed by atoms with van der Waals surface area (Å²) in [6, 6.07) is 0. The third-order valence-electron chi connectivity index (χ3n) is 3.63. The number of hydrogen-bond donors (Lipinski definition) is 4. The molecule has 0 aliphatic carbocycles. The van der Waals surface area contributed by atoms with Crippen molar-refractivity contribution in [3.8, 4) is 0 Å².